The fraction of sp³-hybridized carbons (Fsp3) is 0.286. The lowest BCUT2D eigenvalue weighted by Gasteiger charge is -2.36. The van der Waals surface area contributed by atoms with Crippen LogP contribution in [0.15, 0.2) is 60.9 Å². The van der Waals surface area contributed by atoms with E-state index in [4.69, 9.17) is 0 Å². The highest BCUT2D eigenvalue weighted by atomic mass is 16.2. The zero-order chi connectivity index (χ0) is 18.9. The van der Waals surface area contributed by atoms with Crippen molar-refractivity contribution in [1.82, 2.24) is 30.9 Å². The molecule has 7 nitrogen and oxygen atoms in total. The maximum atomic E-state index is 13.4. The fourth-order valence-electron chi connectivity index (χ4n) is 4.36. The SMILES string of the molecule is O=C(c1ccccc1-c1ncn[nH]1)N1CCC2NNC(c3ccccc3)C2C1. The molecule has 0 aliphatic carbocycles. The second-order valence-corrected chi connectivity index (χ2v) is 7.37. The fourth-order valence-corrected chi connectivity index (χ4v) is 4.36. The van der Waals surface area contributed by atoms with Gasteiger partial charge in [-0.1, -0.05) is 48.5 Å². The van der Waals surface area contributed by atoms with Crippen LogP contribution in [0.1, 0.15) is 28.4 Å². The highest BCUT2D eigenvalue weighted by Crippen LogP contribution is 2.34. The third kappa shape index (κ3) is 2.98. The van der Waals surface area contributed by atoms with Gasteiger partial charge in [-0.05, 0) is 18.1 Å². The summed E-state index contributed by atoms with van der Waals surface area (Å²) in [5, 5.41) is 6.79. The first-order valence-corrected chi connectivity index (χ1v) is 9.61. The minimum absolute atomic E-state index is 0.0455. The van der Waals surface area contributed by atoms with Gasteiger partial charge >= 0.3 is 0 Å². The molecule has 3 atom stereocenters. The molecule has 3 heterocycles. The minimum Gasteiger partial charge on any atom is -0.338 e. The number of benzene rings is 2. The summed E-state index contributed by atoms with van der Waals surface area (Å²) in [6, 6.07) is 18.6. The molecule has 3 unspecified atom stereocenters. The van der Waals surface area contributed by atoms with Gasteiger partial charge in [-0.15, -0.1) is 0 Å². The molecular weight excluding hydrogens is 352 g/mol. The van der Waals surface area contributed by atoms with Gasteiger partial charge in [0.1, 0.15) is 6.33 Å². The molecule has 1 amide bonds. The number of fused-ring (bicyclic) bond motifs is 1. The largest absolute Gasteiger partial charge is 0.338 e. The number of aromatic amines is 1. The van der Waals surface area contributed by atoms with E-state index in [-0.39, 0.29) is 11.9 Å². The number of carbonyl (C=O) groups excluding carboxylic acids is 1. The molecule has 0 spiro atoms. The molecular formula is C21H22N6O. The molecule has 1 aromatic heterocycles. The molecule has 2 fully saturated rings. The van der Waals surface area contributed by atoms with Crippen molar-refractivity contribution < 1.29 is 4.79 Å². The molecule has 3 aromatic rings. The summed E-state index contributed by atoms with van der Waals surface area (Å²) in [5.74, 6) is 0.993. The van der Waals surface area contributed by atoms with Crippen LogP contribution in [0, 0.1) is 5.92 Å². The van der Waals surface area contributed by atoms with Gasteiger partial charge in [0.15, 0.2) is 5.82 Å². The van der Waals surface area contributed by atoms with Crippen LogP contribution in [-0.4, -0.2) is 45.1 Å². The Morgan fingerprint density at radius 2 is 1.86 bits per heavy atom. The molecule has 7 heteroatoms. The van der Waals surface area contributed by atoms with E-state index < -0.39 is 0 Å². The molecule has 0 radical (unpaired) electrons. The van der Waals surface area contributed by atoms with Crippen molar-refractivity contribution >= 4 is 5.91 Å². The number of hydrazine groups is 1. The van der Waals surface area contributed by atoms with E-state index in [1.807, 2.05) is 35.2 Å². The summed E-state index contributed by atoms with van der Waals surface area (Å²) in [5.41, 5.74) is 9.56. The predicted octanol–water partition coefficient (Wildman–Crippen LogP) is 2.15. The van der Waals surface area contributed by atoms with Gasteiger partial charge in [-0.3, -0.25) is 15.3 Å². The minimum atomic E-state index is 0.0455. The van der Waals surface area contributed by atoms with Crippen LogP contribution in [0.2, 0.25) is 0 Å². The number of hydrogen-bond acceptors (Lipinski definition) is 5. The summed E-state index contributed by atoms with van der Waals surface area (Å²) in [6.07, 6.45) is 2.39. The summed E-state index contributed by atoms with van der Waals surface area (Å²) in [4.78, 5) is 19.6. The van der Waals surface area contributed by atoms with E-state index in [0.29, 0.717) is 29.9 Å². The highest BCUT2D eigenvalue weighted by Gasteiger charge is 2.41. The Morgan fingerprint density at radius 1 is 1.04 bits per heavy atom. The lowest BCUT2D eigenvalue weighted by Crippen LogP contribution is -2.47. The Hall–Kier alpha value is -3.03. The van der Waals surface area contributed by atoms with Crippen LogP contribution in [-0.2, 0) is 0 Å². The standard InChI is InChI=1S/C21H22N6O/c28-21(16-9-5-4-8-15(16)20-22-13-23-26-20)27-11-10-18-17(12-27)19(25-24-18)14-6-2-1-3-7-14/h1-9,13,17-19,24-25H,10-12H2,(H,22,23,26). The van der Waals surface area contributed by atoms with E-state index in [1.54, 1.807) is 0 Å². The maximum absolute atomic E-state index is 13.4. The highest BCUT2D eigenvalue weighted by molar-refractivity contribution is 6.00. The third-order valence-electron chi connectivity index (χ3n) is 5.78. The monoisotopic (exact) mass is 374 g/mol. The molecule has 28 heavy (non-hydrogen) atoms. The zero-order valence-corrected chi connectivity index (χ0v) is 15.4. The average Bonchev–Trinajstić information content (AvgIpc) is 3.43. The number of piperidine rings is 1. The molecule has 2 saturated heterocycles. The smallest absolute Gasteiger partial charge is 0.254 e. The Labute approximate surface area is 163 Å². The molecule has 3 N–H and O–H groups in total. The predicted molar refractivity (Wildman–Crippen MR) is 105 cm³/mol. The van der Waals surface area contributed by atoms with Gasteiger partial charge < -0.3 is 4.90 Å². The second kappa shape index (κ2) is 7.18. The van der Waals surface area contributed by atoms with Crippen LogP contribution in [0.25, 0.3) is 11.4 Å². The van der Waals surface area contributed by atoms with E-state index in [9.17, 15) is 4.79 Å². The molecule has 2 aliphatic rings. The van der Waals surface area contributed by atoms with Crippen LogP contribution in [0.4, 0.5) is 0 Å². The Kier molecular flexibility index (Phi) is 4.38. The van der Waals surface area contributed by atoms with Crippen LogP contribution in [0.5, 0.6) is 0 Å². The Bertz CT molecular complexity index is 958. The molecule has 2 aromatic carbocycles. The molecule has 0 bridgehead atoms. The number of H-pyrrole nitrogens is 1. The zero-order valence-electron chi connectivity index (χ0n) is 15.4. The summed E-state index contributed by atoms with van der Waals surface area (Å²) in [7, 11) is 0. The van der Waals surface area contributed by atoms with Gasteiger partial charge in [0.05, 0.1) is 11.6 Å². The van der Waals surface area contributed by atoms with Crippen molar-refractivity contribution in [2.24, 2.45) is 5.92 Å². The lowest BCUT2D eigenvalue weighted by atomic mass is 9.85. The number of carbonyl (C=O) groups is 1. The van der Waals surface area contributed by atoms with Crippen LogP contribution in [0.3, 0.4) is 0 Å². The van der Waals surface area contributed by atoms with Crippen molar-refractivity contribution in [3.8, 4) is 11.4 Å². The molecule has 0 saturated carbocycles. The van der Waals surface area contributed by atoms with Gasteiger partial charge in [0.2, 0.25) is 0 Å². The molecule has 142 valence electrons. The van der Waals surface area contributed by atoms with E-state index in [1.165, 1.54) is 11.9 Å². The molecule has 5 rings (SSSR count). The van der Waals surface area contributed by atoms with Crippen molar-refractivity contribution in [2.75, 3.05) is 13.1 Å². The van der Waals surface area contributed by atoms with E-state index in [2.05, 4.69) is 50.3 Å². The second-order valence-electron chi connectivity index (χ2n) is 7.37. The maximum Gasteiger partial charge on any atom is 0.254 e. The van der Waals surface area contributed by atoms with Crippen molar-refractivity contribution in [2.45, 2.75) is 18.5 Å². The summed E-state index contributed by atoms with van der Waals surface area (Å²) in [6.45, 7) is 1.45. The normalized spacial score (nSPS) is 24.1. The number of aromatic nitrogens is 3. The molecule has 2 aliphatic heterocycles. The van der Waals surface area contributed by atoms with Crippen molar-refractivity contribution in [3.63, 3.8) is 0 Å². The Morgan fingerprint density at radius 3 is 2.68 bits per heavy atom. The van der Waals surface area contributed by atoms with Gasteiger partial charge in [0, 0.05) is 30.6 Å². The average molecular weight is 374 g/mol. The first kappa shape index (κ1) is 17.1. The topological polar surface area (TPSA) is 85.9 Å². The van der Waals surface area contributed by atoms with Crippen molar-refractivity contribution in [3.05, 3.63) is 72.1 Å². The van der Waals surface area contributed by atoms with Gasteiger partial charge in [0.25, 0.3) is 5.91 Å². The van der Waals surface area contributed by atoms with Gasteiger partial charge in [-0.25, -0.2) is 10.4 Å². The lowest BCUT2D eigenvalue weighted by molar-refractivity contribution is 0.0653. The number of nitrogens with one attached hydrogen (secondary N) is 3. The number of nitrogens with zero attached hydrogens (tertiary/aromatic N) is 3. The van der Waals surface area contributed by atoms with Crippen LogP contribution < -0.4 is 10.9 Å². The number of amides is 1. The first-order valence-electron chi connectivity index (χ1n) is 9.61. The number of likely N-dealkylation sites (tertiary alicyclic amines) is 1. The van der Waals surface area contributed by atoms with E-state index in [0.717, 1.165) is 18.5 Å². The van der Waals surface area contributed by atoms with Gasteiger partial charge in [-0.2, -0.15) is 5.10 Å². The number of hydrogen-bond donors (Lipinski definition) is 3. The third-order valence-corrected chi connectivity index (χ3v) is 5.78. The quantitative estimate of drug-likeness (QED) is 0.654. The summed E-state index contributed by atoms with van der Waals surface area (Å²) < 4.78 is 0. The van der Waals surface area contributed by atoms with Crippen molar-refractivity contribution in [1.29, 1.82) is 0 Å². The summed E-state index contributed by atoms with van der Waals surface area (Å²) >= 11 is 0. The number of rotatable bonds is 3. The first-order chi connectivity index (χ1) is 13.8. The van der Waals surface area contributed by atoms with Crippen LogP contribution >= 0.6 is 0 Å². The Balaban J connectivity index is 1.40. The van der Waals surface area contributed by atoms with E-state index >= 15 is 0 Å².